The number of methoxy groups -OCH3 is 1. The van der Waals surface area contributed by atoms with Crippen LogP contribution in [-0.4, -0.2) is 38.1 Å². The number of ether oxygens (including phenoxy) is 1. The van der Waals surface area contributed by atoms with Gasteiger partial charge in [0.25, 0.3) is 0 Å². The Morgan fingerprint density at radius 1 is 1.14 bits per heavy atom. The maximum Gasteiger partial charge on any atom is 0.220 e. The third-order valence-electron chi connectivity index (χ3n) is 3.32. The van der Waals surface area contributed by atoms with Crippen molar-refractivity contribution >= 4 is 11.8 Å². The zero-order valence-electron chi connectivity index (χ0n) is 13.4. The maximum absolute atomic E-state index is 11.8. The van der Waals surface area contributed by atoms with E-state index in [0.29, 0.717) is 13.2 Å². The van der Waals surface area contributed by atoms with Crippen LogP contribution in [0.5, 0.6) is 0 Å². The van der Waals surface area contributed by atoms with Gasteiger partial charge in [0, 0.05) is 32.5 Å². The van der Waals surface area contributed by atoms with Crippen LogP contribution in [0, 0.1) is 0 Å². The molecule has 1 rings (SSSR count). The van der Waals surface area contributed by atoms with Gasteiger partial charge >= 0.3 is 0 Å². The standard InChI is InChI=1S/C17H26N2O3/c1-14(8-9-15-6-4-3-5-7-15)19-17(21)11-10-16(20)18-12-13-22-2/h3-7,14H,8-13H2,1-2H3,(H,18,20)(H,19,21)/t14-/m0/s1. The molecule has 0 aliphatic carbocycles. The van der Waals surface area contributed by atoms with Crippen LogP contribution in [0.1, 0.15) is 31.7 Å². The molecule has 5 heteroatoms. The van der Waals surface area contributed by atoms with Crippen LogP contribution in [0.4, 0.5) is 0 Å². The molecule has 5 nitrogen and oxygen atoms in total. The topological polar surface area (TPSA) is 67.4 Å². The highest BCUT2D eigenvalue weighted by Crippen LogP contribution is 2.05. The second kappa shape index (κ2) is 10.8. The summed E-state index contributed by atoms with van der Waals surface area (Å²) in [5, 5.41) is 5.62. The molecule has 0 aliphatic heterocycles. The summed E-state index contributed by atoms with van der Waals surface area (Å²) in [4.78, 5) is 23.3. The molecule has 0 aromatic heterocycles. The van der Waals surface area contributed by atoms with Crippen LogP contribution in [-0.2, 0) is 20.7 Å². The molecule has 1 aromatic carbocycles. The SMILES string of the molecule is COCCNC(=O)CCC(=O)N[C@@H](C)CCc1ccccc1. The largest absolute Gasteiger partial charge is 0.383 e. The maximum atomic E-state index is 11.8. The Morgan fingerprint density at radius 2 is 1.82 bits per heavy atom. The third kappa shape index (κ3) is 8.42. The van der Waals surface area contributed by atoms with Crippen LogP contribution in [0.2, 0.25) is 0 Å². The zero-order chi connectivity index (χ0) is 16.2. The van der Waals surface area contributed by atoms with Crippen molar-refractivity contribution in [1.29, 1.82) is 0 Å². The quantitative estimate of drug-likeness (QED) is 0.646. The number of aryl methyl sites for hydroxylation is 1. The van der Waals surface area contributed by atoms with Crippen LogP contribution in [0.15, 0.2) is 30.3 Å². The van der Waals surface area contributed by atoms with E-state index in [2.05, 4.69) is 22.8 Å². The summed E-state index contributed by atoms with van der Waals surface area (Å²) in [6, 6.07) is 10.3. The molecule has 0 heterocycles. The first-order valence-corrected chi connectivity index (χ1v) is 7.70. The molecule has 0 unspecified atom stereocenters. The summed E-state index contributed by atoms with van der Waals surface area (Å²) in [7, 11) is 1.58. The highest BCUT2D eigenvalue weighted by atomic mass is 16.5. The van der Waals surface area contributed by atoms with Gasteiger partial charge in [-0.2, -0.15) is 0 Å². The Hall–Kier alpha value is -1.88. The van der Waals surface area contributed by atoms with Crippen molar-refractivity contribution in [3.8, 4) is 0 Å². The molecule has 0 fully saturated rings. The van der Waals surface area contributed by atoms with Crippen molar-refractivity contribution in [2.45, 2.75) is 38.6 Å². The second-order valence-corrected chi connectivity index (χ2v) is 5.34. The molecule has 0 spiro atoms. The summed E-state index contributed by atoms with van der Waals surface area (Å²) < 4.78 is 4.84. The molecule has 0 radical (unpaired) electrons. The number of hydrogen-bond donors (Lipinski definition) is 2. The van der Waals surface area contributed by atoms with E-state index in [4.69, 9.17) is 4.74 Å². The molecule has 0 saturated carbocycles. The van der Waals surface area contributed by atoms with E-state index in [1.54, 1.807) is 7.11 Å². The predicted octanol–water partition coefficient (Wildman–Crippen LogP) is 1.67. The minimum atomic E-state index is -0.121. The monoisotopic (exact) mass is 306 g/mol. The number of hydrogen-bond acceptors (Lipinski definition) is 3. The molecule has 0 bridgehead atoms. The van der Waals surface area contributed by atoms with Gasteiger partial charge in [0.2, 0.25) is 11.8 Å². The summed E-state index contributed by atoms with van der Waals surface area (Å²) in [6.07, 6.45) is 2.24. The lowest BCUT2D eigenvalue weighted by Gasteiger charge is -2.14. The minimum absolute atomic E-state index is 0.0811. The fourth-order valence-corrected chi connectivity index (χ4v) is 2.05. The average Bonchev–Trinajstić information content (AvgIpc) is 2.52. The Bertz CT molecular complexity index is 448. The van der Waals surface area contributed by atoms with Gasteiger partial charge in [-0.15, -0.1) is 0 Å². The van der Waals surface area contributed by atoms with Crippen molar-refractivity contribution in [1.82, 2.24) is 10.6 Å². The zero-order valence-corrected chi connectivity index (χ0v) is 13.4. The molecule has 2 amide bonds. The number of carbonyl (C=O) groups is 2. The summed E-state index contributed by atoms with van der Waals surface area (Å²) in [5.74, 6) is -0.202. The van der Waals surface area contributed by atoms with E-state index >= 15 is 0 Å². The summed E-state index contributed by atoms with van der Waals surface area (Å²) >= 11 is 0. The fraction of sp³-hybridized carbons (Fsp3) is 0.529. The van der Waals surface area contributed by atoms with Crippen molar-refractivity contribution in [3.05, 3.63) is 35.9 Å². The number of rotatable bonds is 10. The Labute approximate surface area is 132 Å². The molecule has 0 aliphatic rings. The van der Waals surface area contributed by atoms with Crippen LogP contribution in [0.25, 0.3) is 0 Å². The highest BCUT2D eigenvalue weighted by molar-refractivity contribution is 5.83. The molecule has 1 atom stereocenters. The molecular weight excluding hydrogens is 280 g/mol. The Kier molecular flexibility index (Phi) is 8.91. The molecular formula is C17H26N2O3. The smallest absolute Gasteiger partial charge is 0.220 e. The predicted molar refractivity (Wildman–Crippen MR) is 86.5 cm³/mol. The Morgan fingerprint density at radius 3 is 2.50 bits per heavy atom. The number of benzene rings is 1. The van der Waals surface area contributed by atoms with Gasteiger partial charge < -0.3 is 15.4 Å². The number of carbonyl (C=O) groups excluding carboxylic acids is 2. The van der Waals surface area contributed by atoms with Gasteiger partial charge in [0.15, 0.2) is 0 Å². The van der Waals surface area contributed by atoms with Crippen LogP contribution in [0.3, 0.4) is 0 Å². The van der Waals surface area contributed by atoms with Crippen molar-refractivity contribution in [2.75, 3.05) is 20.3 Å². The summed E-state index contributed by atoms with van der Waals surface area (Å²) in [5.41, 5.74) is 1.26. The number of amides is 2. The van der Waals surface area contributed by atoms with E-state index in [9.17, 15) is 9.59 Å². The van der Waals surface area contributed by atoms with Crippen LogP contribution >= 0.6 is 0 Å². The highest BCUT2D eigenvalue weighted by Gasteiger charge is 2.10. The van der Waals surface area contributed by atoms with Gasteiger partial charge in [0.1, 0.15) is 0 Å². The molecule has 22 heavy (non-hydrogen) atoms. The van der Waals surface area contributed by atoms with Gasteiger partial charge in [-0.3, -0.25) is 9.59 Å². The first-order chi connectivity index (χ1) is 10.6. The molecule has 2 N–H and O–H groups in total. The van der Waals surface area contributed by atoms with Gasteiger partial charge in [0.05, 0.1) is 6.61 Å². The molecule has 122 valence electrons. The lowest BCUT2D eigenvalue weighted by Crippen LogP contribution is -2.34. The first kappa shape index (κ1) is 18.2. The minimum Gasteiger partial charge on any atom is -0.383 e. The van der Waals surface area contributed by atoms with Crippen molar-refractivity contribution in [3.63, 3.8) is 0 Å². The normalized spacial score (nSPS) is 11.7. The third-order valence-corrected chi connectivity index (χ3v) is 3.32. The van der Waals surface area contributed by atoms with Gasteiger partial charge in [-0.1, -0.05) is 30.3 Å². The fourth-order valence-electron chi connectivity index (χ4n) is 2.05. The van der Waals surface area contributed by atoms with Gasteiger partial charge in [-0.25, -0.2) is 0 Å². The van der Waals surface area contributed by atoms with Gasteiger partial charge in [-0.05, 0) is 25.3 Å². The van der Waals surface area contributed by atoms with E-state index < -0.39 is 0 Å². The van der Waals surface area contributed by atoms with Crippen molar-refractivity contribution < 1.29 is 14.3 Å². The van der Waals surface area contributed by atoms with Crippen molar-refractivity contribution in [2.24, 2.45) is 0 Å². The van der Waals surface area contributed by atoms with E-state index in [-0.39, 0.29) is 30.7 Å². The van der Waals surface area contributed by atoms with E-state index in [0.717, 1.165) is 12.8 Å². The lowest BCUT2D eigenvalue weighted by molar-refractivity contribution is -0.126. The van der Waals surface area contributed by atoms with E-state index in [1.165, 1.54) is 5.56 Å². The summed E-state index contributed by atoms with van der Waals surface area (Å²) in [6.45, 7) is 2.94. The first-order valence-electron chi connectivity index (χ1n) is 7.70. The van der Waals surface area contributed by atoms with E-state index in [1.807, 2.05) is 25.1 Å². The Balaban J connectivity index is 2.14. The average molecular weight is 306 g/mol. The van der Waals surface area contributed by atoms with Crippen LogP contribution < -0.4 is 10.6 Å². The molecule has 0 saturated heterocycles. The second-order valence-electron chi connectivity index (χ2n) is 5.34. The lowest BCUT2D eigenvalue weighted by atomic mass is 10.1. The molecule has 1 aromatic rings. The number of nitrogens with one attached hydrogen (secondary N) is 2.